The second kappa shape index (κ2) is 4.57. The highest BCUT2D eigenvalue weighted by Crippen LogP contribution is 2.20. The van der Waals surface area contributed by atoms with Gasteiger partial charge in [-0.25, -0.2) is 10.4 Å². The van der Waals surface area contributed by atoms with Crippen LogP contribution in [0.1, 0.15) is 22.6 Å². The summed E-state index contributed by atoms with van der Waals surface area (Å²) in [5.41, 5.74) is 2.74. The summed E-state index contributed by atoms with van der Waals surface area (Å²) in [6, 6.07) is 3.86. The van der Waals surface area contributed by atoms with Crippen molar-refractivity contribution in [1.82, 2.24) is 10.4 Å². The maximum atomic E-state index is 5.52. The number of nitrogens with one attached hydrogen (secondary N) is 1. The van der Waals surface area contributed by atoms with Gasteiger partial charge >= 0.3 is 0 Å². The molecule has 2 heterocycles. The summed E-state index contributed by atoms with van der Waals surface area (Å²) in [6.07, 6.45) is 2.54. The third kappa shape index (κ3) is 2.44. The van der Waals surface area contributed by atoms with Crippen LogP contribution in [-0.4, -0.2) is 4.98 Å². The van der Waals surface area contributed by atoms with Gasteiger partial charge in [0.1, 0.15) is 11.5 Å². The number of aromatic nitrogens is 1. The fraction of sp³-hybridized carbons (Fsp3) is 0.300. The molecule has 0 bridgehead atoms. The molecule has 0 saturated carbocycles. The Hall–Kier alpha value is -1.17. The van der Waals surface area contributed by atoms with Crippen molar-refractivity contribution in [3.63, 3.8) is 0 Å². The number of aryl methyl sites for hydroxylation is 1. The van der Waals surface area contributed by atoms with E-state index in [1.165, 1.54) is 0 Å². The molecule has 0 spiro atoms. The maximum absolute atomic E-state index is 5.52. The molecule has 80 valence electrons. The molecule has 4 nitrogen and oxygen atoms in total. The van der Waals surface area contributed by atoms with Gasteiger partial charge in [-0.15, -0.1) is 11.3 Å². The molecule has 15 heavy (non-hydrogen) atoms. The summed E-state index contributed by atoms with van der Waals surface area (Å²) in [7, 11) is 0. The highest BCUT2D eigenvalue weighted by molar-refractivity contribution is 7.09. The lowest BCUT2D eigenvalue weighted by molar-refractivity contribution is 0.402. The second-order valence-corrected chi connectivity index (χ2v) is 4.28. The van der Waals surface area contributed by atoms with Crippen molar-refractivity contribution < 1.29 is 4.42 Å². The molecule has 0 aromatic carbocycles. The molecule has 5 heteroatoms. The molecular formula is C10H13N3OS. The van der Waals surface area contributed by atoms with Crippen molar-refractivity contribution in [2.24, 2.45) is 5.84 Å². The number of nitrogens with zero attached hydrogens (tertiary/aromatic N) is 1. The Bertz CT molecular complexity index is 410. The number of furan rings is 1. The minimum atomic E-state index is -0.00940. The minimum Gasteiger partial charge on any atom is -0.465 e. The lowest BCUT2D eigenvalue weighted by Crippen LogP contribution is -2.29. The third-order valence-electron chi connectivity index (χ3n) is 2.17. The third-order valence-corrected chi connectivity index (χ3v) is 2.97. The van der Waals surface area contributed by atoms with Crippen LogP contribution < -0.4 is 11.3 Å². The fourth-order valence-electron chi connectivity index (χ4n) is 1.41. The van der Waals surface area contributed by atoms with E-state index in [1.54, 1.807) is 17.5 Å². The average molecular weight is 223 g/mol. The van der Waals surface area contributed by atoms with Crippen LogP contribution in [-0.2, 0) is 6.42 Å². The van der Waals surface area contributed by atoms with Gasteiger partial charge in [0.05, 0.1) is 11.0 Å². The zero-order valence-electron chi connectivity index (χ0n) is 8.43. The summed E-state index contributed by atoms with van der Waals surface area (Å²) in [5, 5.41) is 3.00. The monoisotopic (exact) mass is 223 g/mol. The van der Waals surface area contributed by atoms with Gasteiger partial charge in [0, 0.05) is 18.0 Å². The van der Waals surface area contributed by atoms with E-state index in [4.69, 9.17) is 10.3 Å². The van der Waals surface area contributed by atoms with Crippen molar-refractivity contribution in [2.75, 3.05) is 0 Å². The number of hydrogen-bond acceptors (Lipinski definition) is 5. The molecule has 0 aliphatic carbocycles. The van der Waals surface area contributed by atoms with Crippen molar-refractivity contribution in [2.45, 2.75) is 19.4 Å². The Morgan fingerprint density at radius 3 is 3.00 bits per heavy atom. The van der Waals surface area contributed by atoms with Gasteiger partial charge in [-0.1, -0.05) is 0 Å². The molecule has 0 aliphatic rings. The molecule has 2 rings (SSSR count). The van der Waals surface area contributed by atoms with E-state index in [0.717, 1.165) is 22.9 Å². The van der Waals surface area contributed by atoms with E-state index < -0.39 is 0 Å². The zero-order chi connectivity index (χ0) is 10.7. The van der Waals surface area contributed by atoms with E-state index in [2.05, 4.69) is 10.4 Å². The number of hydrogen-bond donors (Lipinski definition) is 2. The van der Waals surface area contributed by atoms with Crippen LogP contribution >= 0.6 is 11.3 Å². The van der Waals surface area contributed by atoms with Gasteiger partial charge in [0.15, 0.2) is 0 Å². The zero-order valence-corrected chi connectivity index (χ0v) is 9.25. The van der Waals surface area contributed by atoms with E-state index in [9.17, 15) is 0 Å². The molecule has 1 atom stereocenters. The topological polar surface area (TPSA) is 64.1 Å². The molecular weight excluding hydrogens is 210 g/mol. The smallest absolute Gasteiger partial charge is 0.122 e. The Kier molecular flexibility index (Phi) is 3.15. The van der Waals surface area contributed by atoms with E-state index in [1.807, 2.05) is 24.4 Å². The molecule has 0 fully saturated rings. The quantitative estimate of drug-likeness (QED) is 0.612. The number of thiazole rings is 1. The Morgan fingerprint density at radius 2 is 2.47 bits per heavy atom. The van der Waals surface area contributed by atoms with Crippen LogP contribution in [0.15, 0.2) is 28.1 Å². The first-order valence-electron chi connectivity index (χ1n) is 4.70. The normalized spacial score (nSPS) is 12.9. The van der Waals surface area contributed by atoms with Gasteiger partial charge in [-0.3, -0.25) is 5.84 Å². The van der Waals surface area contributed by atoms with Gasteiger partial charge < -0.3 is 4.42 Å². The fourth-order valence-corrected chi connectivity index (χ4v) is 2.07. The predicted octanol–water partition coefficient (Wildman–Crippen LogP) is 1.79. The van der Waals surface area contributed by atoms with E-state index in [0.29, 0.717) is 0 Å². The highest BCUT2D eigenvalue weighted by Gasteiger charge is 2.15. The SMILES string of the molecule is Cc1ccc(C(Cc2nccs2)NN)o1. The molecule has 0 amide bonds. The average Bonchev–Trinajstić information content (AvgIpc) is 2.85. The first-order chi connectivity index (χ1) is 7.29. The van der Waals surface area contributed by atoms with Crippen molar-refractivity contribution >= 4 is 11.3 Å². The first-order valence-corrected chi connectivity index (χ1v) is 5.58. The Labute approximate surface area is 92.1 Å². The van der Waals surface area contributed by atoms with Crippen LogP contribution in [0.25, 0.3) is 0 Å². The van der Waals surface area contributed by atoms with Crippen molar-refractivity contribution in [1.29, 1.82) is 0 Å². The molecule has 2 aromatic heterocycles. The van der Waals surface area contributed by atoms with Crippen LogP contribution in [0, 0.1) is 6.92 Å². The summed E-state index contributed by atoms with van der Waals surface area (Å²) in [5.74, 6) is 7.24. The standard InChI is InChI=1S/C10H13N3OS/c1-7-2-3-9(14-7)8(13-11)6-10-12-4-5-15-10/h2-5,8,13H,6,11H2,1H3. The minimum absolute atomic E-state index is 0.00940. The summed E-state index contributed by atoms with van der Waals surface area (Å²) in [6.45, 7) is 1.92. The van der Waals surface area contributed by atoms with Gasteiger partial charge in [-0.05, 0) is 19.1 Å². The van der Waals surface area contributed by atoms with Crippen LogP contribution in [0.4, 0.5) is 0 Å². The summed E-state index contributed by atoms with van der Waals surface area (Å²) in [4.78, 5) is 4.22. The number of nitrogens with two attached hydrogens (primary N) is 1. The maximum Gasteiger partial charge on any atom is 0.122 e. The first kappa shape index (κ1) is 10.4. The van der Waals surface area contributed by atoms with Crippen molar-refractivity contribution in [3.8, 4) is 0 Å². The predicted molar refractivity (Wildman–Crippen MR) is 59.3 cm³/mol. The van der Waals surface area contributed by atoms with E-state index >= 15 is 0 Å². The summed E-state index contributed by atoms with van der Waals surface area (Å²) < 4.78 is 5.52. The molecule has 0 radical (unpaired) electrons. The lowest BCUT2D eigenvalue weighted by Gasteiger charge is -2.11. The molecule has 0 aliphatic heterocycles. The van der Waals surface area contributed by atoms with Gasteiger partial charge in [0.25, 0.3) is 0 Å². The van der Waals surface area contributed by atoms with Crippen LogP contribution in [0.2, 0.25) is 0 Å². The molecule has 3 N–H and O–H groups in total. The van der Waals surface area contributed by atoms with Gasteiger partial charge in [-0.2, -0.15) is 0 Å². The van der Waals surface area contributed by atoms with E-state index in [-0.39, 0.29) is 6.04 Å². The summed E-state index contributed by atoms with van der Waals surface area (Å²) >= 11 is 1.62. The number of rotatable bonds is 4. The largest absolute Gasteiger partial charge is 0.465 e. The Morgan fingerprint density at radius 1 is 1.60 bits per heavy atom. The molecule has 2 aromatic rings. The number of hydrazine groups is 1. The second-order valence-electron chi connectivity index (χ2n) is 3.30. The van der Waals surface area contributed by atoms with Crippen molar-refractivity contribution in [3.05, 3.63) is 40.2 Å². The highest BCUT2D eigenvalue weighted by atomic mass is 32.1. The molecule has 0 saturated heterocycles. The Balaban J connectivity index is 2.11. The molecule has 1 unspecified atom stereocenters. The lowest BCUT2D eigenvalue weighted by atomic mass is 10.2. The van der Waals surface area contributed by atoms with Crippen LogP contribution in [0.3, 0.4) is 0 Å². The van der Waals surface area contributed by atoms with Gasteiger partial charge in [0.2, 0.25) is 0 Å². The van der Waals surface area contributed by atoms with Crippen LogP contribution in [0.5, 0.6) is 0 Å².